The number of fused-ring (bicyclic) bond motifs is 1. The summed E-state index contributed by atoms with van der Waals surface area (Å²) in [6, 6.07) is 10.1. The van der Waals surface area contributed by atoms with E-state index in [0.29, 0.717) is 13.0 Å². The minimum Gasteiger partial charge on any atom is -0.384 e. The zero-order valence-corrected chi connectivity index (χ0v) is 11.9. The quantitative estimate of drug-likeness (QED) is 0.927. The van der Waals surface area contributed by atoms with Crippen LogP contribution in [0.1, 0.15) is 29.8 Å². The molecule has 0 saturated carbocycles. The molecule has 4 heteroatoms. The molecule has 4 nitrogen and oxygen atoms in total. The number of nitrogens with one attached hydrogen (secondary N) is 1. The summed E-state index contributed by atoms with van der Waals surface area (Å²) in [5.41, 5.74) is 4.20. The smallest absolute Gasteiger partial charge is 0.148 e. The van der Waals surface area contributed by atoms with Gasteiger partial charge in [0.05, 0.1) is 11.6 Å². The average Bonchev–Trinajstić information content (AvgIpc) is 3.02. The summed E-state index contributed by atoms with van der Waals surface area (Å²) < 4.78 is 1.92. The molecule has 1 N–H and O–H groups in total. The first-order valence-corrected chi connectivity index (χ1v) is 7.08. The maximum Gasteiger partial charge on any atom is 0.148 e. The van der Waals surface area contributed by atoms with E-state index in [4.69, 9.17) is 0 Å². The molecule has 104 valence electrons. The van der Waals surface area contributed by atoms with Gasteiger partial charge in [-0.25, -0.2) is 0 Å². The highest BCUT2D eigenvalue weighted by Crippen LogP contribution is 2.32. The topological polar surface area (TPSA) is 46.9 Å². The van der Waals surface area contributed by atoms with Crippen LogP contribution < -0.4 is 5.32 Å². The van der Waals surface area contributed by atoms with Gasteiger partial charge in [0.15, 0.2) is 0 Å². The molecule has 0 amide bonds. The van der Waals surface area contributed by atoms with Gasteiger partial charge in [0.1, 0.15) is 5.78 Å². The molecule has 0 fully saturated rings. The van der Waals surface area contributed by atoms with Gasteiger partial charge < -0.3 is 5.32 Å². The number of carbonyl (C=O) groups is 1. The minimum atomic E-state index is -0.0355. The first kappa shape index (κ1) is 12.9. The lowest BCUT2D eigenvalue weighted by molar-refractivity contribution is -0.119. The molecule has 1 aromatic heterocycles. The Morgan fingerprint density at radius 3 is 3.05 bits per heavy atom. The van der Waals surface area contributed by atoms with Crippen molar-refractivity contribution in [3.8, 4) is 0 Å². The summed E-state index contributed by atoms with van der Waals surface area (Å²) in [7, 11) is 0. The average molecular weight is 269 g/mol. The lowest BCUT2D eigenvalue weighted by atomic mass is 9.94. The summed E-state index contributed by atoms with van der Waals surface area (Å²) in [5, 5.41) is 7.71. The van der Waals surface area contributed by atoms with Gasteiger partial charge in [0.25, 0.3) is 0 Å². The van der Waals surface area contributed by atoms with E-state index in [1.807, 2.05) is 48.9 Å². The van der Waals surface area contributed by atoms with Crippen LogP contribution >= 0.6 is 0 Å². The van der Waals surface area contributed by atoms with Crippen molar-refractivity contribution < 1.29 is 4.79 Å². The second kappa shape index (κ2) is 5.12. The summed E-state index contributed by atoms with van der Waals surface area (Å²) in [4.78, 5) is 12.6. The van der Waals surface area contributed by atoms with E-state index in [1.54, 1.807) is 0 Å². The zero-order valence-electron chi connectivity index (χ0n) is 11.9. The predicted molar refractivity (Wildman–Crippen MR) is 79.0 cm³/mol. The Bertz CT molecular complexity index is 645. The Morgan fingerprint density at radius 1 is 1.45 bits per heavy atom. The van der Waals surface area contributed by atoms with Crippen LogP contribution in [0.25, 0.3) is 0 Å². The fourth-order valence-corrected chi connectivity index (χ4v) is 2.89. The number of aryl methyl sites for hydroxylation is 2. The van der Waals surface area contributed by atoms with Crippen LogP contribution in [0, 0.1) is 6.92 Å². The summed E-state index contributed by atoms with van der Waals surface area (Å²) >= 11 is 0. The molecule has 1 aliphatic heterocycles. The number of Topliss-reactive ketones (excluding diaryl/α,β-unsaturated/α-hetero) is 1. The Kier molecular flexibility index (Phi) is 3.30. The highest BCUT2D eigenvalue weighted by Gasteiger charge is 2.28. The number of benzene rings is 1. The number of hydrogen-bond donors (Lipinski definition) is 1. The second-order valence-electron chi connectivity index (χ2n) is 5.26. The van der Waals surface area contributed by atoms with Crippen LogP contribution in [0.4, 0.5) is 5.69 Å². The molecule has 0 aliphatic carbocycles. The van der Waals surface area contributed by atoms with Crippen molar-refractivity contribution in [2.45, 2.75) is 32.7 Å². The van der Waals surface area contributed by atoms with E-state index in [0.717, 1.165) is 29.2 Å². The van der Waals surface area contributed by atoms with Crippen LogP contribution in [0.15, 0.2) is 30.3 Å². The molecule has 0 radical (unpaired) electrons. The number of carbonyl (C=O) groups excluding carboxylic acids is 1. The van der Waals surface area contributed by atoms with Gasteiger partial charge in [-0.05, 0) is 31.5 Å². The third kappa shape index (κ3) is 2.22. The molecule has 1 unspecified atom stereocenters. The van der Waals surface area contributed by atoms with E-state index in [-0.39, 0.29) is 11.7 Å². The first-order chi connectivity index (χ1) is 9.69. The lowest BCUT2D eigenvalue weighted by Gasteiger charge is -2.10. The molecule has 1 aliphatic rings. The monoisotopic (exact) mass is 269 g/mol. The van der Waals surface area contributed by atoms with Gasteiger partial charge in [0, 0.05) is 30.9 Å². The number of ketones is 1. The normalized spacial score (nSPS) is 16.8. The van der Waals surface area contributed by atoms with Crippen molar-refractivity contribution in [2.24, 2.45) is 0 Å². The Morgan fingerprint density at radius 2 is 2.25 bits per heavy atom. The molecule has 2 heterocycles. The number of hydrogen-bond acceptors (Lipinski definition) is 3. The molecule has 0 saturated heterocycles. The highest BCUT2D eigenvalue weighted by molar-refractivity contribution is 5.91. The lowest BCUT2D eigenvalue weighted by Crippen LogP contribution is -2.18. The largest absolute Gasteiger partial charge is 0.384 e. The molecular formula is C16H19N3O. The molecular weight excluding hydrogens is 250 g/mol. The van der Waals surface area contributed by atoms with Gasteiger partial charge in [0.2, 0.25) is 0 Å². The second-order valence-corrected chi connectivity index (χ2v) is 5.26. The van der Waals surface area contributed by atoms with Crippen molar-refractivity contribution in [3.05, 3.63) is 47.3 Å². The van der Waals surface area contributed by atoms with E-state index in [9.17, 15) is 4.79 Å². The van der Waals surface area contributed by atoms with Crippen molar-refractivity contribution in [3.63, 3.8) is 0 Å². The van der Waals surface area contributed by atoms with Crippen LogP contribution in [0.5, 0.6) is 0 Å². The van der Waals surface area contributed by atoms with Gasteiger partial charge in [-0.2, -0.15) is 5.10 Å². The predicted octanol–water partition coefficient (Wildman–Crippen LogP) is 2.53. The minimum absolute atomic E-state index is 0.0355. The number of rotatable bonds is 4. The highest BCUT2D eigenvalue weighted by atomic mass is 16.1. The first-order valence-electron chi connectivity index (χ1n) is 7.08. The number of nitrogens with zero attached hydrogens (tertiary/aromatic N) is 2. The van der Waals surface area contributed by atoms with Crippen LogP contribution in [-0.4, -0.2) is 22.1 Å². The Hall–Kier alpha value is -2.10. The van der Waals surface area contributed by atoms with E-state index >= 15 is 0 Å². The van der Waals surface area contributed by atoms with E-state index in [1.165, 1.54) is 0 Å². The summed E-state index contributed by atoms with van der Waals surface area (Å²) in [6.07, 6.45) is 0.454. The molecule has 1 aromatic carbocycles. The van der Waals surface area contributed by atoms with Crippen LogP contribution in [0.2, 0.25) is 0 Å². The van der Waals surface area contributed by atoms with Crippen LogP contribution in [0.3, 0.4) is 0 Å². The molecule has 0 spiro atoms. The van der Waals surface area contributed by atoms with Gasteiger partial charge in [-0.1, -0.05) is 18.2 Å². The van der Waals surface area contributed by atoms with Gasteiger partial charge >= 0.3 is 0 Å². The fourth-order valence-electron chi connectivity index (χ4n) is 2.89. The van der Waals surface area contributed by atoms with E-state index < -0.39 is 0 Å². The maximum absolute atomic E-state index is 12.6. The van der Waals surface area contributed by atoms with Crippen molar-refractivity contribution >= 4 is 11.5 Å². The Balaban J connectivity index is 1.81. The molecule has 2 aromatic rings. The summed E-state index contributed by atoms with van der Waals surface area (Å²) in [6.45, 7) is 5.52. The number of aromatic nitrogens is 2. The van der Waals surface area contributed by atoms with Crippen molar-refractivity contribution in [2.75, 3.05) is 11.9 Å². The fraction of sp³-hybridized carbons (Fsp3) is 0.375. The van der Waals surface area contributed by atoms with Crippen molar-refractivity contribution in [1.29, 1.82) is 0 Å². The maximum atomic E-state index is 12.6. The van der Waals surface area contributed by atoms with E-state index in [2.05, 4.69) is 10.4 Å². The van der Waals surface area contributed by atoms with Crippen molar-refractivity contribution in [1.82, 2.24) is 9.78 Å². The molecule has 3 rings (SSSR count). The van der Waals surface area contributed by atoms with Crippen LogP contribution in [-0.2, 0) is 17.8 Å². The third-order valence-corrected chi connectivity index (χ3v) is 3.86. The zero-order chi connectivity index (χ0) is 14.1. The standard InChI is InChI=1S/C16H19N3O/c1-3-19-12(8-11(2)18-19)9-16(20)14-10-17-15-7-5-4-6-13(14)15/h4-8,14,17H,3,9-10H2,1-2H3. The molecule has 0 bridgehead atoms. The third-order valence-electron chi connectivity index (χ3n) is 3.86. The SMILES string of the molecule is CCn1nc(C)cc1CC(=O)C1CNc2ccccc21. The molecule has 20 heavy (non-hydrogen) atoms. The number of anilines is 1. The number of para-hydroxylation sites is 1. The summed E-state index contributed by atoms with van der Waals surface area (Å²) in [5.74, 6) is 0.226. The molecule has 1 atom stereocenters. The van der Waals surface area contributed by atoms with Gasteiger partial charge in [-0.15, -0.1) is 0 Å². The van der Waals surface area contributed by atoms with Gasteiger partial charge in [-0.3, -0.25) is 9.48 Å². The Labute approximate surface area is 118 Å².